The molecule has 0 spiro atoms. The number of unbranched alkanes of at least 4 members (excludes halogenated alkanes) is 1. The number of carbonyl (C=O) groups is 1. The zero-order valence-electron chi connectivity index (χ0n) is 8.88. The molecule has 0 aromatic rings. The molecule has 0 radical (unpaired) electrons. The van der Waals surface area contributed by atoms with E-state index in [1.807, 2.05) is 6.08 Å². The summed E-state index contributed by atoms with van der Waals surface area (Å²) in [6.07, 6.45) is 8.12. The van der Waals surface area contributed by atoms with Crippen molar-refractivity contribution in [1.82, 2.24) is 0 Å². The third-order valence-corrected chi connectivity index (χ3v) is 2.04. The molecule has 0 heterocycles. The molecule has 0 saturated carbocycles. The summed E-state index contributed by atoms with van der Waals surface area (Å²) in [6.45, 7) is 4.40. The number of allylic oxidation sites excluding steroid dienone is 1. The fourth-order valence-corrected chi connectivity index (χ4v) is 1.14. The van der Waals surface area contributed by atoms with Gasteiger partial charge in [-0.3, -0.25) is 0 Å². The second-order valence-electron chi connectivity index (χ2n) is 3.41. The lowest BCUT2D eigenvalue weighted by Gasteiger charge is -2.06. The number of rotatable bonds is 6. The summed E-state index contributed by atoms with van der Waals surface area (Å²) in [5.41, 5.74) is 0. The number of hydrogen-bond acceptors (Lipinski definition) is 2. The van der Waals surface area contributed by atoms with E-state index in [9.17, 15) is 4.79 Å². The lowest BCUT2D eigenvalue weighted by molar-refractivity contribution is -0.134. The average Bonchev–Trinajstić information content (AvgIpc) is 2.14. The molecule has 0 fully saturated rings. The predicted molar refractivity (Wildman–Crippen MR) is 54.5 cm³/mol. The number of methoxy groups -OCH3 is 1. The van der Waals surface area contributed by atoms with Crippen LogP contribution in [0.15, 0.2) is 12.2 Å². The van der Waals surface area contributed by atoms with Gasteiger partial charge >= 0.3 is 5.97 Å². The molecule has 0 aromatic heterocycles. The summed E-state index contributed by atoms with van der Waals surface area (Å²) in [6, 6.07) is 0. The standard InChI is InChI=1S/C11H20O2/c1-4-5-7-10(2)8-6-9-11(12)13-3/h6,9-10H,4-5,7-8H2,1-3H3/b9-6+/t10-/m0/s1. The number of carbonyl (C=O) groups excluding carboxylic acids is 1. The molecule has 0 bridgehead atoms. The van der Waals surface area contributed by atoms with E-state index in [2.05, 4.69) is 18.6 Å². The van der Waals surface area contributed by atoms with Crippen LogP contribution in [0.5, 0.6) is 0 Å². The van der Waals surface area contributed by atoms with E-state index in [1.54, 1.807) is 0 Å². The highest BCUT2D eigenvalue weighted by molar-refractivity contribution is 5.81. The molecule has 2 heteroatoms. The Morgan fingerprint density at radius 2 is 2.23 bits per heavy atom. The highest BCUT2D eigenvalue weighted by Crippen LogP contribution is 2.11. The van der Waals surface area contributed by atoms with Gasteiger partial charge in [-0.2, -0.15) is 0 Å². The first kappa shape index (κ1) is 12.2. The van der Waals surface area contributed by atoms with E-state index in [4.69, 9.17) is 0 Å². The Kier molecular flexibility index (Phi) is 7.36. The van der Waals surface area contributed by atoms with Crippen LogP contribution >= 0.6 is 0 Å². The van der Waals surface area contributed by atoms with Crippen LogP contribution in [0, 0.1) is 5.92 Å². The maximum Gasteiger partial charge on any atom is 0.330 e. The Morgan fingerprint density at radius 3 is 2.77 bits per heavy atom. The molecule has 0 aliphatic carbocycles. The van der Waals surface area contributed by atoms with E-state index >= 15 is 0 Å². The minimum atomic E-state index is -0.261. The summed E-state index contributed by atoms with van der Waals surface area (Å²) in [5, 5.41) is 0. The van der Waals surface area contributed by atoms with Crippen LogP contribution in [0.25, 0.3) is 0 Å². The van der Waals surface area contributed by atoms with Gasteiger partial charge in [0.05, 0.1) is 7.11 Å². The van der Waals surface area contributed by atoms with Crippen LogP contribution < -0.4 is 0 Å². The molecule has 0 unspecified atom stereocenters. The van der Waals surface area contributed by atoms with Crippen molar-refractivity contribution in [2.24, 2.45) is 5.92 Å². The molecular formula is C11H20O2. The first-order chi connectivity index (χ1) is 6.20. The molecule has 0 amide bonds. The van der Waals surface area contributed by atoms with E-state index in [0.29, 0.717) is 5.92 Å². The highest BCUT2D eigenvalue weighted by atomic mass is 16.5. The van der Waals surface area contributed by atoms with Gasteiger partial charge in [0.25, 0.3) is 0 Å². The lowest BCUT2D eigenvalue weighted by Crippen LogP contribution is -1.96. The lowest BCUT2D eigenvalue weighted by atomic mass is 10.0. The molecule has 0 aromatic carbocycles. The third-order valence-electron chi connectivity index (χ3n) is 2.04. The van der Waals surface area contributed by atoms with Gasteiger partial charge in [-0.1, -0.05) is 39.2 Å². The van der Waals surface area contributed by atoms with Crippen molar-refractivity contribution >= 4 is 5.97 Å². The molecule has 1 atom stereocenters. The molecule has 76 valence electrons. The Bertz CT molecular complexity index is 161. The van der Waals surface area contributed by atoms with Gasteiger partial charge in [0, 0.05) is 6.08 Å². The summed E-state index contributed by atoms with van der Waals surface area (Å²) in [4.78, 5) is 10.7. The second kappa shape index (κ2) is 7.84. The smallest absolute Gasteiger partial charge is 0.330 e. The molecule has 0 rings (SSSR count). The maximum atomic E-state index is 10.7. The average molecular weight is 184 g/mol. The topological polar surface area (TPSA) is 26.3 Å². The molecule has 0 aliphatic rings. The maximum absolute atomic E-state index is 10.7. The van der Waals surface area contributed by atoms with Crippen LogP contribution in [0.3, 0.4) is 0 Å². The number of ether oxygens (including phenoxy) is 1. The fraction of sp³-hybridized carbons (Fsp3) is 0.727. The summed E-state index contributed by atoms with van der Waals surface area (Å²) >= 11 is 0. The van der Waals surface area contributed by atoms with E-state index in [1.165, 1.54) is 32.4 Å². The fourth-order valence-electron chi connectivity index (χ4n) is 1.14. The normalized spacial score (nSPS) is 13.2. The van der Waals surface area contributed by atoms with Crippen LogP contribution in [-0.2, 0) is 9.53 Å². The minimum Gasteiger partial charge on any atom is -0.466 e. The van der Waals surface area contributed by atoms with Gasteiger partial charge in [0.2, 0.25) is 0 Å². The Labute approximate surface area is 81.0 Å². The molecule has 0 aliphatic heterocycles. The quantitative estimate of drug-likeness (QED) is 0.468. The van der Waals surface area contributed by atoms with Crippen LogP contribution in [-0.4, -0.2) is 13.1 Å². The van der Waals surface area contributed by atoms with Crippen molar-refractivity contribution in [3.05, 3.63) is 12.2 Å². The van der Waals surface area contributed by atoms with E-state index in [-0.39, 0.29) is 5.97 Å². The highest BCUT2D eigenvalue weighted by Gasteiger charge is 1.98. The Balaban J connectivity index is 3.50. The van der Waals surface area contributed by atoms with Gasteiger partial charge in [-0.05, 0) is 12.3 Å². The zero-order valence-corrected chi connectivity index (χ0v) is 8.88. The van der Waals surface area contributed by atoms with E-state index in [0.717, 1.165) is 6.42 Å². The molecule has 0 saturated heterocycles. The van der Waals surface area contributed by atoms with Gasteiger partial charge in [0.15, 0.2) is 0 Å². The first-order valence-corrected chi connectivity index (χ1v) is 4.95. The van der Waals surface area contributed by atoms with E-state index < -0.39 is 0 Å². The van der Waals surface area contributed by atoms with Gasteiger partial charge < -0.3 is 4.74 Å². The van der Waals surface area contributed by atoms with Gasteiger partial charge in [-0.25, -0.2) is 4.79 Å². The largest absolute Gasteiger partial charge is 0.466 e. The Morgan fingerprint density at radius 1 is 1.54 bits per heavy atom. The monoisotopic (exact) mass is 184 g/mol. The number of hydrogen-bond donors (Lipinski definition) is 0. The summed E-state index contributed by atoms with van der Waals surface area (Å²) in [7, 11) is 1.40. The van der Waals surface area contributed by atoms with Crippen molar-refractivity contribution in [2.45, 2.75) is 39.5 Å². The Hall–Kier alpha value is -0.790. The molecule has 2 nitrogen and oxygen atoms in total. The first-order valence-electron chi connectivity index (χ1n) is 4.95. The van der Waals surface area contributed by atoms with Crippen LogP contribution in [0.2, 0.25) is 0 Å². The van der Waals surface area contributed by atoms with Crippen molar-refractivity contribution in [3.63, 3.8) is 0 Å². The van der Waals surface area contributed by atoms with Gasteiger partial charge in [-0.15, -0.1) is 0 Å². The van der Waals surface area contributed by atoms with Crippen molar-refractivity contribution in [2.75, 3.05) is 7.11 Å². The van der Waals surface area contributed by atoms with Gasteiger partial charge in [0.1, 0.15) is 0 Å². The van der Waals surface area contributed by atoms with Crippen molar-refractivity contribution in [3.8, 4) is 0 Å². The summed E-state index contributed by atoms with van der Waals surface area (Å²) < 4.78 is 4.49. The molecule has 13 heavy (non-hydrogen) atoms. The summed E-state index contributed by atoms with van der Waals surface area (Å²) in [5.74, 6) is 0.406. The predicted octanol–water partition coefficient (Wildman–Crippen LogP) is 2.93. The third kappa shape index (κ3) is 7.57. The molecular weight excluding hydrogens is 164 g/mol. The molecule has 0 N–H and O–H groups in total. The SMILES string of the molecule is CCCC[C@H](C)C/C=C/C(=O)OC. The second-order valence-corrected chi connectivity index (χ2v) is 3.41. The van der Waals surface area contributed by atoms with Crippen molar-refractivity contribution in [1.29, 1.82) is 0 Å². The number of esters is 1. The zero-order chi connectivity index (χ0) is 10.1. The van der Waals surface area contributed by atoms with Crippen LogP contribution in [0.1, 0.15) is 39.5 Å². The van der Waals surface area contributed by atoms with Crippen LogP contribution in [0.4, 0.5) is 0 Å². The minimum absolute atomic E-state index is 0.261. The van der Waals surface area contributed by atoms with Crippen molar-refractivity contribution < 1.29 is 9.53 Å².